The molecule has 36 heavy (non-hydrogen) atoms. The molecule has 0 radical (unpaired) electrons. The number of nitrogens with one attached hydrogen (secondary N) is 2. The lowest BCUT2D eigenvalue weighted by Gasteiger charge is -2.38. The summed E-state index contributed by atoms with van der Waals surface area (Å²) in [6.45, 7) is 19.3. The van der Waals surface area contributed by atoms with Gasteiger partial charge in [0.25, 0.3) is 0 Å². The molecule has 0 aromatic heterocycles. The van der Waals surface area contributed by atoms with Gasteiger partial charge in [-0.25, -0.2) is 4.79 Å². The fourth-order valence-electron chi connectivity index (χ4n) is 4.10. The normalized spacial score (nSPS) is 15.0. The van der Waals surface area contributed by atoms with Crippen LogP contribution in [0.2, 0.25) is 0 Å². The maximum atomic E-state index is 13.9. The monoisotopic (exact) mass is 503 g/mol. The maximum absolute atomic E-state index is 13.9. The van der Waals surface area contributed by atoms with Gasteiger partial charge in [-0.1, -0.05) is 57.0 Å². The van der Waals surface area contributed by atoms with Gasteiger partial charge < -0.3 is 20.3 Å². The summed E-state index contributed by atoms with van der Waals surface area (Å²) in [6, 6.07) is 5.80. The molecule has 0 spiro atoms. The number of benzene rings is 1. The molecule has 2 N–H and O–H groups in total. The molecule has 1 rings (SSSR count). The van der Waals surface area contributed by atoms with E-state index in [0.717, 1.165) is 36.8 Å². The van der Waals surface area contributed by atoms with Crippen molar-refractivity contribution in [2.45, 2.75) is 125 Å². The topological polar surface area (TPSA) is 87.7 Å². The summed E-state index contributed by atoms with van der Waals surface area (Å²) >= 11 is 0. The van der Waals surface area contributed by atoms with E-state index in [2.05, 4.69) is 31.4 Å². The Morgan fingerprint density at radius 2 is 1.50 bits per heavy atom. The first-order valence-corrected chi connectivity index (χ1v) is 13.3. The predicted octanol–water partition coefficient (Wildman–Crippen LogP) is 5.91. The Hall–Kier alpha value is -2.57. The molecule has 1 aromatic carbocycles. The van der Waals surface area contributed by atoms with E-state index in [1.54, 1.807) is 32.6 Å². The first-order chi connectivity index (χ1) is 16.7. The molecule has 1 aromatic rings. The molecule has 7 nitrogen and oxygen atoms in total. The third-order valence-corrected chi connectivity index (χ3v) is 6.02. The van der Waals surface area contributed by atoms with E-state index < -0.39 is 23.8 Å². The highest BCUT2D eigenvalue weighted by Crippen LogP contribution is 2.28. The fraction of sp³-hybridized carbons (Fsp3) is 0.690. The summed E-state index contributed by atoms with van der Waals surface area (Å²) in [5.74, 6) is -0.0760. The van der Waals surface area contributed by atoms with Crippen LogP contribution in [0.5, 0.6) is 0 Å². The van der Waals surface area contributed by atoms with E-state index in [4.69, 9.17) is 4.74 Å². The molecule has 7 heteroatoms. The number of hydrogen-bond donors (Lipinski definition) is 2. The van der Waals surface area contributed by atoms with Gasteiger partial charge in [0.2, 0.25) is 11.8 Å². The summed E-state index contributed by atoms with van der Waals surface area (Å²) in [5.41, 5.74) is 1.13. The lowest BCUT2D eigenvalue weighted by Crippen LogP contribution is -2.55. The van der Waals surface area contributed by atoms with Gasteiger partial charge in [-0.05, 0) is 79.2 Å². The van der Waals surface area contributed by atoms with Crippen molar-refractivity contribution in [1.29, 1.82) is 0 Å². The first kappa shape index (κ1) is 31.5. The SMILES string of the molecule is CCCC(C)NC(=O)C(c1ccc(C)cc1)N(C(=O)C(C)NC(=O)OC(C)(C)C)C(C)CCC(C)C. The molecule has 0 aliphatic heterocycles. The highest BCUT2D eigenvalue weighted by molar-refractivity contribution is 5.92. The second kappa shape index (κ2) is 14.2. The summed E-state index contributed by atoms with van der Waals surface area (Å²) < 4.78 is 5.36. The van der Waals surface area contributed by atoms with Crippen LogP contribution >= 0.6 is 0 Å². The van der Waals surface area contributed by atoms with Gasteiger partial charge in [-0.3, -0.25) is 9.59 Å². The molecule has 4 unspecified atom stereocenters. The van der Waals surface area contributed by atoms with Crippen LogP contribution in [0.4, 0.5) is 4.79 Å². The van der Waals surface area contributed by atoms with Gasteiger partial charge in [-0.15, -0.1) is 0 Å². The Balaban J connectivity index is 3.43. The second-order valence-corrected chi connectivity index (χ2v) is 11.4. The zero-order chi connectivity index (χ0) is 27.6. The fourth-order valence-corrected chi connectivity index (χ4v) is 4.10. The molecule has 0 fully saturated rings. The number of alkyl carbamates (subject to hydrolysis) is 1. The highest BCUT2D eigenvalue weighted by atomic mass is 16.6. The lowest BCUT2D eigenvalue weighted by atomic mass is 9.96. The number of ether oxygens (including phenoxy) is 1. The van der Waals surface area contributed by atoms with Crippen LogP contribution < -0.4 is 10.6 Å². The Bertz CT molecular complexity index is 845. The van der Waals surface area contributed by atoms with Crippen LogP contribution in [0.25, 0.3) is 0 Å². The standard InChI is InChI=1S/C29H49N3O4/c1-11-12-21(5)30-26(33)25(24-17-14-20(4)15-18-24)32(22(6)16-13-19(2)3)27(34)23(7)31-28(35)36-29(8,9)10/h14-15,17-19,21-23,25H,11-13,16H2,1-10H3,(H,30,33)(H,31,35). The van der Waals surface area contributed by atoms with E-state index in [9.17, 15) is 14.4 Å². The first-order valence-electron chi connectivity index (χ1n) is 13.3. The minimum Gasteiger partial charge on any atom is -0.444 e. The molecule has 0 saturated heterocycles. The zero-order valence-corrected chi connectivity index (χ0v) is 24.1. The average molecular weight is 504 g/mol. The summed E-state index contributed by atoms with van der Waals surface area (Å²) in [6.07, 6.45) is 2.78. The van der Waals surface area contributed by atoms with Gasteiger partial charge in [0.1, 0.15) is 17.7 Å². The molecular weight excluding hydrogens is 454 g/mol. The van der Waals surface area contributed by atoms with E-state index in [0.29, 0.717) is 5.92 Å². The number of rotatable bonds is 12. The van der Waals surface area contributed by atoms with Crippen molar-refractivity contribution >= 4 is 17.9 Å². The van der Waals surface area contributed by atoms with Crippen molar-refractivity contribution in [3.8, 4) is 0 Å². The minimum absolute atomic E-state index is 0.0179. The summed E-state index contributed by atoms with van der Waals surface area (Å²) in [4.78, 5) is 41.7. The van der Waals surface area contributed by atoms with Gasteiger partial charge in [0, 0.05) is 12.1 Å². The van der Waals surface area contributed by atoms with Crippen LogP contribution in [0, 0.1) is 12.8 Å². The van der Waals surface area contributed by atoms with E-state index in [-0.39, 0.29) is 23.9 Å². The number of carbonyl (C=O) groups excluding carboxylic acids is 3. The number of nitrogens with zero attached hydrogens (tertiary/aromatic N) is 1. The number of hydrogen-bond acceptors (Lipinski definition) is 4. The van der Waals surface area contributed by atoms with Crippen molar-refractivity contribution in [2.24, 2.45) is 5.92 Å². The van der Waals surface area contributed by atoms with Crippen molar-refractivity contribution in [3.63, 3.8) is 0 Å². The molecule has 3 amide bonds. The van der Waals surface area contributed by atoms with Gasteiger partial charge in [0.05, 0.1) is 0 Å². The summed E-state index contributed by atoms with van der Waals surface area (Å²) in [7, 11) is 0. The van der Waals surface area contributed by atoms with Crippen LogP contribution in [0.15, 0.2) is 24.3 Å². The Labute approximate surface area is 218 Å². The largest absolute Gasteiger partial charge is 0.444 e. The third-order valence-electron chi connectivity index (χ3n) is 6.02. The smallest absolute Gasteiger partial charge is 0.408 e. The van der Waals surface area contributed by atoms with Crippen LogP contribution in [0.1, 0.15) is 105 Å². The molecular formula is C29H49N3O4. The zero-order valence-electron chi connectivity index (χ0n) is 24.1. The Kier molecular flexibility index (Phi) is 12.4. The minimum atomic E-state index is -0.866. The number of aryl methyl sites for hydroxylation is 1. The molecule has 204 valence electrons. The van der Waals surface area contributed by atoms with Crippen LogP contribution in [0.3, 0.4) is 0 Å². The lowest BCUT2D eigenvalue weighted by molar-refractivity contribution is -0.145. The van der Waals surface area contributed by atoms with Crippen molar-refractivity contribution < 1.29 is 19.1 Å². The molecule has 0 bridgehead atoms. The third kappa shape index (κ3) is 10.6. The van der Waals surface area contributed by atoms with E-state index in [1.807, 2.05) is 45.0 Å². The molecule has 0 aliphatic carbocycles. The van der Waals surface area contributed by atoms with E-state index in [1.165, 1.54) is 0 Å². The molecule has 4 atom stereocenters. The number of amides is 3. The second-order valence-electron chi connectivity index (χ2n) is 11.4. The highest BCUT2D eigenvalue weighted by Gasteiger charge is 2.37. The van der Waals surface area contributed by atoms with Crippen molar-refractivity contribution in [3.05, 3.63) is 35.4 Å². The molecule has 0 heterocycles. The van der Waals surface area contributed by atoms with Crippen LogP contribution in [-0.2, 0) is 14.3 Å². The van der Waals surface area contributed by atoms with Gasteiger partial charge in [-0.2, -0.15) is 0 Å². The summed E-state index contributed by atoms with van der Waals surface area (Å²) in [5, 5.41) is 5.78. The van der Waals surface area contributed by atoms with Crippen molar-refractivity contribution in [1.82, 2.24) is 15.5 Å². The molecule has 0 saturated carbocycles. The average Bonchev–Trinajstić information content (AvgIpc) is 2.74. The van der Waals surface area contributed by atoms with Crippen LogP contribution in [-0.4, -0.2) is 46.5 Å². The quantitative estimate of drug-likeness (QED) is 0.371. The Morgan fingerprint density at radius 3 is 2.00 bits per heavy atom. The number of carbonyl (C=O) groups is 3. The van der Waals surface area contributed by atoms with Crippen molar-refractivity contribution in [2.75, 3.05) is 0 Å². The maximum Gasteiger partial charge on any atom is 0.408 e. The predicted molar refractivity (Wildman–Crippen MR) is 146 cm³/mol. The molecule has 0 aliphatic rings. The van der Waals surface area contributed by atoms with E-state index >= 15 is 0 Å². The van der Waals surface area contributed by atoms with Gasteiger partial charge in [0.15, 0.2) is 0 Å². The van der Waals surface area contributed by atoms with Gasteiger partial charge >= 0.3 is 6.09 Å². The Morgan fingerprint density at radius 1 is 0.917 bits per heavy atom.